The molecule has 0 radical (unpaired) electrons. The van der Waals surface area contributed by atoms with Gasteiger partial charge < -0.3 is 9.84 Å². The summed E-state index contributed by atoms with van der Waals surface area (Å²) in [5.74, 6) is 2.57. The third-order valence-corrected chi connectivity index (χ3v) is 5.36. The monoisotopic (exact) mass is 317 g/mol. The number of aliphatic hydroxyl groups is 1. The quantitative estimate of drug-likeness (QED) is 0.887. The van der Waals surface area contributed by atoms with E-state index in [1.54, 1.807) is 17.5 Å². The summed E-state index contributed by atoms with van der Waals surface area (Å²) in [6.45, 7) is 2.52. The Kier molecular flexibility index (Phi) is 3.58. The zero-order chi connectivity index (χ0) is 15.1. The fraction of sp³-hybridized carbons (Fsp3) is 0.562. The molecule has 22 heavy (non-hydrogen) atoms. The van der Waals surface area contributed by atoms with Gasteiger partial charge in [-0.05, 0) is 38.5 Å². The summed E-state index contributed by atoms with van der Waals surface area (Å²) in [7, 11) is 0. The molecule has 116 valence electrons. The number of rotatable bonds is 6. The van der Waals surface area contributed by atoms with Gasteiger partial charge in [-0.25, -0.2) is 9.97 Å². The molecule has 2 fully saturated rings. The van der Waals surface area contributed by atoms with Crippen LogP contribution in [-0.4, -0.2) is 26.7 Å². The zero-order valence-electron chi connectivity index (χ0n) is 12.6. The largest absolute Gasteiger partial charge is 0.477 e. The highest BCUT2D eigenvalue weighted by atomic mass is 32.1. The van der Waals surface area contributed by atoms with Gasteiger partial charge in [0.2, 0.25) is 5.88 Å². The van der Waals surface area contributed by atoms with Crippen LogP contribution in [0.3, 0.4) is 0 Å². The van der Waals surface area contributed by atoms with Crippen LogP contribution in [0.15, 0.2) is 6.20 Å². The number of nitrogens with zero attached hydrogens (tertiary/aromatic N) is 3. The molecule has 0 amide bonds. The molecule has 0 aliphatic heterocycles. The second-order valence-electron chi connectivity index (χ2n) is 6.15. The van der Waals surface area contributed by atoms with E-state index in [0.717, 1.165) is 21.1 Å². The summed E-state index contributed by atoms with van der Waals surface area (Å²) in [5.41, 5.74) is 1.58. The minimum Gasteiger partial charge on any atom is -0.477 e. The van der Waals surface area contributed by atoms with Crippen LogP contribution in [0.25, 0.3) is 10.4 Å². The minimum atomic E-state index is -0.0610. The maximum Gasteiger partial charge on any atom is 0.225 e. The van der Waals surface area contributed by atoms with Gasteiger partial charge in [-0.3, -0.25) is 0 Å². The van der Waals surface area contributed by atoms with Crippen molar-refractivity contribution in [3.05, 3.63) is 22.7 Å². The average Bonchev–Trinajstić information content (AvgIpc) is 3.43. The first-order chi connectivity index (χ1) is 10.7. The first-order valence-corrected chi connectivity index (χ1v) is 8.63. The maximum atomic E-state index is 9.63. The highest BCUT2D eigenvalue weighted by molar-refractivity contribution is 7.15. The van der Waals surface area contributed by atoms with E-state index in [1.165, 1.54) is 25.7 Å². The molecule has 2 aromatic heterocycles. The predicted molar refractivity (Wildman–Crippen MR) is 84.0 cm³/mol. The summed E-state index contributed by atoms with van der Waals surface area (Å²) < 4.78 is 5.93. The van der Waals surface area contributed by atoms with Gasteiger partial charge in [0.15, 0.2) is 0 Å². The van der Waals surface area contributed by atoms with E-state index in [2.05, 4.69) is 15.0 Å². The zero-order valence-corrected chi connectivity index (χ0v) is 13.4. The van der Waals surface area contributed by atoms with Gasteiger partial charge in [-0.15, -0.1) is 11.3 Å². The first kappa shape index (κ1) is 14.1. The van der Waals surface area contributed by atoms with Gasteiger partial charge >= 0.3 is 0 Å². The van der Waals surface area contributed by atoms with Crippen molar-refractivity contribution in [2.24, 2.45) is 5.92 Å². The van der Waals surface area contributed by atoms with Gasteiger partial charge in [-0.1, -0.05) is 0 Å². The van der Waals surface area contributed by atoms with Crippen LogP contribution in [0.2, 0.25) is 0 Å². The Morgan fingerprint density at radius 3 is 2.77 bits per heavy atom. The van der Waals surface area contributed by atoms with Crippen LogP contribution >= 0.6 is 11.3 Å². The van der Waals surface area contributed by atoms with Crippen LogP contribution in [0.1, 0.15) is 48.1 Å². The molecule has 2 aromatic rings. The van der Waals surface area contributed by atoms with Gasteiger partial charge in [0.25, 0.3) is 0 Å². The van der Waals surface area contributed by atoms with E-state index < -0.39 is 0 Å². The lowest BCUT2D eigenvalue weighted by atomic mass is 10.2. The first-order valence-electron chi connectivity index (χ1n) is 7.82. The number of hydrogen-bond donors (Lipinski definition) is 1. The SMILES string of the molecule is Cc1ncc(-c2sc(C3CC3)nc2CO)c(OCC2CC2)n1. The summed E-state index contributed by atoms with van der Waals surface area (Å²) in [6.07, 6.45) is 6.69. The molecule has 0 aromatic carbocycles. The Labute approximate surface area is 133 Å². The van der Waals surface area contributed by atoms with Gasteiger partial charge in [0, 0.05) is 12.1 Å². The fourth-order valence-electron chi connectivity index (χ4n) is 2.39. The van der Waals surface area contributed by atoms with Gasteiger partial charge in [0.05, 0.1) is 34.4 Å². The lowest BCUT2D eigenvalue weighted by Gasteiger charge is -2.10. The van der Waals surface area contributed by atoms with Crippen molar-refractivity contribution in [3.8, 4) is 16.3 Å². The molecular formula is C16H19N3O2S. The number of aromatic nitrogens is 3. The molecule has 4 rings (SSSR count). The van der Waals surface area contributed by atoms with E-state index in [9.17, 15) is 5.11 Å². The summed E-state index contributed by atoms with van der Waals surface area (Å²) in [5, 5.41) is 10.7. The van der Waals surface area contributed by atoms with E-state index in [0.29, 0.717) is 30.1 Å². The molecule has 2 aliphatic carbocycles. The van der Waals surface area contributed by atoms with Crippen molar-refractivity contribution in [2.45, 2.75) is 45.1 Å². The van der Waals surface area contributed by atoms with Crippen LogP contribution in [0.4, 0.5) is 0 Å². The summed E-state index contributed by atoms with van der Waals surface area (Å²) >= 11 is 1.65. The van der Waals surface area contributed by atoms with Gasteiger partial charge in [0.1, 0.15) is 5.82 Å². The fourth-order valence-corrected chi connectivity index (χ4v) is 3.63. The Hall–Kier alpha value is -1.53. The van der Waals surface area contributed by atoms with Crippen LogP contribution < -0.4 is 4.74 Å². The smallest absolute Gasteiger partial charge is 0.225 e. The van der Waals surface area contributed by atoms with E-state index in [1.807, 2.05) is 6.92 Å². The topological polar surface area (TPSA) is 68.1 Å². The predicted octanol–water partition coefficient (Wildman–Crippen LogP) is 3.07. The van der Waals surface area contributed by atoms with Crippen molar-refractivity contribution in [1.29, 1.82) is 0 Å². The molecule has 2 aliphatic rings. The van der Waals surface area contributed by atoms with Crippen molar-refractivity contribution in [3.63, 3.8) is 0 Å². The molecule has 0 unspecified atom stereocenters. The molecule has 5 nitrogen and oxygen atoms in total. The number of ether oxygens (including phenoxy) is 1. The molecule has 0 spiro atoms. The third kappa shape index (κ3) is 2.85. The third-order valence-electron chi connectivity index (χ3n) is 4.06. The normalized spacial score (nSPS) is 17.7. The molecule has 2 saturated carbocycles. The van der Waals surface area contributed by atoms with Crippen LogP contribution in [0.5, 0.6) is 5.88 Å². The Bertz CT molecular complexity index is 693. The Balaban J connectivity index is 1.70. The van der Waals surface area contributed by atoms with E-state index in [-0.39, 0.29) is 6.61 Å². The molecule has 0 saturated heterocycles. The highest BCUT2D eigenvalue weighted by Crippen LogP contribution is 2.46. The van der Waals surface area contributed by atoms with Crippen molar-refractivity contribution in [1.82, 2.24) is 15.0 Å². The Morgan fingerprint density at radius 2 is 2.09 bits per heavy atom. The lowest BCUT2D eigenvalue weighted by molar-refractivity contribution is 0.277. The standard InChI is InChI=1S/C16H19N3O2S/c1-9-17-6-12(15(18-9)21-8-10-2-3-10)14-13(7-20)19-16(22-14)11-4-5-11/h6,10-11,20H,2-5,7-8H2,1H3. The number of thiazole rings is 1. The molecule has 2 heterocycles. The van der Waals surface area contributed by atoms with E-state index in [4.69, 9.17) is 4.74 Å². The Morgan fingerprint density at radius 1 is 1.27 bits per heavy atom. The van der Waals surface area contributed by atoms with Crippen LogP contribution in [0, 0.1) is 12.8 Å². The second-order valence-corrected chi connectivity index (χ2v) is 7.18. The van der Waals surface area contributed by atoms with Gasteiger partial charge in [-0.2, -0.15) is 4.98 Å². The van der Waals surface area contributed by atoms with E-state index >= 15 is 0 Å². The average molecular weight is 317 g/mol. The molecule has 0 atom stereocenters. The van der Waals surface area contributed by atoms with Crippen molar-refractivity contribution < 1.29 is 9.84 Å². The maximum absolute atomic E-state index is 9.63. The lowest BCUT2D eigenvalue weighted by Crippen LogP contribution is -2.04. The molecule has 6 heteroatoms. The van der Waals surface area contributed by atoms with Crippen molar-refractivity contribution in [2.75, 3.05) is 6.61 Å². The second kappa shape index (κ2) is 5.59. The summed E-state index contributed by atoms with van der Waals surface area (Å²) in [4.78, 5) is 14.3. The molecule has 1 N–H and O–H groups in total. The number of hydrogen-bond acceptors (Lipinski definition) is 6. The molecular weight excluding hydrogens is 298 g/mol. The summed E-state index contributed by atoms with van der Waals surface area (Å²) in [6, 6.07) is 0. The number of aryl methyl sites for hydroxylation is 1. The number of aliphatic hydroxyl groups excluding tert-OH is 1. The van der Waals surface area contributed by atoms with Crippen LogP contribution in [-0.2, 0) is 6.61 Å². The highest BCUT2D eigenvalue weighted by Gasteiger charge is 2.30. The minimum absolute atomic E-state index is 0.0610. The molecule has 0 bridgehead atoms. The van der Waals surface area contributed by atoms with Crippen molar-refractivity contribution >= 4 is 11.3 Å².